The number of carbonyl (C=O) groups excluding carboxylic acids is 2. The maximum absolute atomic E-state index is 11.4. The van der Waals surface area contributed by atoms with Gasteiger partial charge in [-0.2, -0.15) is 0 Å². The molecule has 0 atom stereocenters. The highest BCUT2D eigenvalue weighted by Gasteiger charge is 2.12. The summed E-state index contributed by atoms with van der Waals surface area (Å²) in [4.78, 5) is 31.2. The molecule has 0 spiro atoms. The largest absolute Gasteiger partial charge is 0.464 e. The lowest BCUT2D eigenvalue weighted by Crippen LogP contribution is -2.06. The highest BCUT2D eigenvalue weighted by molar-refractivity contribution is 5.88. The summed E-state index contributed by atoms with van der Waals surface area (Å²) in [6.45, 7) is 0. The fourth-order valence-electron chi connectivity index (χ4n) is 1.59. The van der Waals surface area contributed by atoms with Gasteiger partial charge in [0, 0.05) is 0 Å². The van der Waals surface area contributed by atoms with E-state index in [1.54, 1.807) is 36.4 Å². The van der Waals surface area contributed by atoms with Crippen molar-refractivity contribution in [3.63, 3.8) is 0 Å². The zero-order valence-corrected chi connectivity index (χ0v) is 11.0. The van der Waals surface area contributed by atoms with Crippen molar-refractivity contribution < 1.29 is 19.1 Å². The Labute approximate surface area is 115 Å². The van der Waals surface area contributed by atoms with Crippen LogP contribution in [0.4, 0.5) is 0 Å². The van der Waals surface area contributed by atoms with E-state index in [1.807, 2.05) is 0 Å². The summed E-state index contributed by atoms with van der Waals surface area (Å²) in [7, 11) is 2.57. The molecule has 102 valence electrons. The van der Waals surface area contributed by atoms with Crippen LogP contribution in [0.15, 0.2) is 36.4 Å². The van der Waals surface area contributed by atoms with Gasteiger partial charge in [-0.25, -0.2) is 19.6 Å². The van der Waals surface area contributed by atoms with Crippen LogP contribution in [0.25, 0.3) is 11.4 Å². The lowest BCUT2D eigenvalue weighted by atomic mass is 10.2. The molecule has 0 fully saturated rings. The minimum atomic E-state index is -0.532. The van der Waals surface area contributed by atoms with Crippen LogP contribution in [-0.2, 0) is 9.47 Å². The third-order valence-electron chi connectivity index (χ3n) is 2.55. The summed E-state index contributed by atoms with van der Waals surface area (Å²) >= 11 is 0. The average Bonchev–Trinajstić information content (AvgIpc) is 2.53. The predicted molar refractivity (Wildman–Crippen MR) is 70.1 cm³/mol. The third kappa shape index (κ3) is 2.80. The first-order valence-corrected chi connectivity index (χ1v) is 5.77. The maximum Gasteiger partial charge on any atom is 0.356 e. The SMILES string of the molecule is COC(=O)c1cccc(-c2cccc(C(=O)OC)n2)n1. The monoisotopic (exact) mass is 272 g/mol. The topological polar surface area (TPSA) is 78.4 Å². The van der Waals surface area contributed by atoms with Crippen molar-refractivity contribution in [2.75, 3.05) is 14.2 Å². The molecule has 2 aromatic heterocycles. The molecule has 0 aliphatic heterocycles. The quantitative estimate of drug-likeness (QED) is 0.791. The second kappa shape index (κ2) is 5.92. The fraction of sp³-hybridized carbons (Fsp3) is 0.143. The van der Waals surface area contributed by atoms with E-state index in [2.05, 4.69) is 19.4 Å². The second-order valence-corrected chi connectivity index (χ2v) is 3.80. The van der Waals surface area contributed by atoms with Crippen LogP contribution in [0, 0.1) is 0 Å². The molecule has 20 heavy (non-hydrogen) atoms. The summed E-state index contributed by atoms with van der Waals surface area (Å²) in [5.41, 5.74) is 1.29. The molecule has 0 saturated carbocycles. The van der Waals surface area contributed by atoms with Crippen molar-refractivity contribution in [2.45, 2.75) is 0 Å². The van der Waals surface area contributed by atoms with Crippen molar-refractivity contribution in [1.29, 1.82) is 0 Å². The molecule has 6 heteroatoms. The molecule has 6 nitrogen and oxygen atoms in total. The van der Waals surface area contributed by atoms with Gasteiger partial charge in [-0.15, -0.1) is 0 Å². The van der Waals surface area contributed by atoms with Gasteiger partial charge in [0.15, 0.2) is 0 Å². The highest BCUT2D eigenvalue weighted by Crippen LogP contribution is 2.16. The van der Waals surface area contributed by atoms with E-state index in [9.17, 15) is 9.59 Å². The lowest BCUT2D eigenvalue weighted by Gasteiger charge is -2.04. The third-order valence-corrected chi connectivity index (χ3v) is 2.55. The molecule has 0 saturated heterocycles. The first-order valence-electron chi connectivity index (χ1n) is 5.77. The highest BCUT2D eigenvalue weighted by atomic mass is 16.5. The van der Waals surface area contributed by atoms with E-state index in [4.69, 9.17) is 0 Å². The number of pyridine rings is 2. The zero-order valence-electron chi connectivity index (χ0n) is 11.0. The Morgan fingerprint density at radius 1 is 0.800 bits per heavy atom. The van der Waals surface area contributed by atoms with Gasteiger partial charge >= 0.3 is 11.9 Å². The number of carbonyl (C=O) groups is 2. The van der Waals surface area contributed by atoms with Crippen molar-refractivity contribution in [2.24, 2.45) is 0 Å². The Bertz CT molecular complexity index is 598. The van der Waals surface area contributed by atoms with Crippen LogP contribution >= 0.6 is 0 Å². The number of aromatic nitrogens is 2. The van der Waals surface area contributed by atoms with Crippen molar-refractivity contribution in [3.8, 4) is 11.4 Å². The first kappa shape index (κ1) is 13.7. The number of ether oxygens (including phenoxy) is 2. The molecule has 0 unspecified atom stereocenters. The van der Waals surface area contributed by atoms with E-state index in [-0.39, 0.29) is 11.4 Å². The minimum absolute atomic E-state index is 0.176. The molecular weight excluding hydrogens is 260 g/mol. The number of hydrogen-bond acceptors (Lipinski definition) is 6. The van der Waals surface area contributed by atoms with Crippen LogP contribution in [0.2, 0.25) is 0 Å². The van der Waals surface area contributed by atoms with Gasteiger partial charge in [-0.3, -0.25) is 0 Å². The van der Waals surface area contributed by atoms with E-state index in [0.717, 1.165) is 0 Å². The summed E-state index contributed by atoms with van der Waals surface area (Å²) in [5.74, 6) is -1.06. The van der Waals surface area contributed by atoms with Crippen LogP contribution in [0.3, 0.4) is 0 Å². The van der Waals surface area contributed by atoms with Gasteiger partial charge in [-0.1, -0.05) is 12.1 Å². The van der Waals surface area contributed by atoms with E-state index in [0.29, 0.717) is 11.4 Å². The molecular formula is C14H12N2O4. The normalized spacial score (nSPS) is 9.90. The summed E-state index contributed by atoms with van der Waals surface area (Å²) in [5, 5.41) is 0. The Kier molecular flexibility index (Phi) is 4.05. The smallest absolute Gasteiger partial charge is 0.356 e. The van der Waals surface area contributed by atoms with Crippen molar-refractivity contribution in [3.05, 3.63) is 47.8 Å². The van der Waals surface area contributed by atoms with Crippen molar-refractivity contribution in [1.82, 2.24) is 9.97 Å². The van der Waals surface area contributed by atoms with Crippen LogP contribution < -0.4 is 0 Å². The Morgan fingerprint density at radius 3 is 1.55 bits per heavy atom. The van der Waals surface area contributed by atoms with Crippen LogP contribution in [0.5, 0.6) is 0 Å². The lowest BCUT2D eigenvalue weighted by molar-refractivity contribution is 0.0585. The van der Waals surface area contributed by atoms with Gasteiger partial charge in [0.1, 0.15) is 11.4 Å². The van der Waals surface area contributed by atoms with Crippen LogP contribution in [-0.4, -0.2) is 36.1 Å². The van der Waals surface area contributed by atoms with Gasteiger partial charge in [0.2, 0.25) is 0 Å². The molecule has 2 aromatic rings. The standard InChI is InChI=1S/C14H12N2O4/c1-19-13(17)11-7-3-5-9(15-11)10-6-4-8-12(16-10)14(18)20-2/h3-8H,1-2H3. The maximum atomic E-state index is 11.4. The molecule has 0 N–H and O–H groups in total. The fourth-order valence-corrected chi connectivity index (χ4v) is 1.59. The average molecular weight is 272 g/mol. The summed E-state index contributed by atoms with van der Waals surface area (Å²) in [6.07, 6.45) is 0. The number of esters is 2. The first-order chi connectivity index (χ1) is 9.65. The van der Waals surface area contributed by atoms with E-state index >= 15 is 0 Å². The Morgan fingerprint density at radius 2 is 1.20 bits per heavy atom. The van der Waals surface area contributed by atoms with Crippen molar-refractivity contribution >= 4 is 11.9 Å². The van der Waals surface area contributed by atoms with Gasteiger partial charge < -0.3 is 9.47 Å². The molecule has 0 bridgehead atoms. The number of hydrogen-bond donors (Lipinski definition) is 0. The summed E-state index contributed by atoms with van der Waals surface area (Å²) < 4.78 is 9.22. The minimum Gasteiger partial charge on any atom is -0.464 e. The van der Waals surface area contributed by atoms with Gasteiger partial charge in [0.25, 0.3) is 0 Å². The summed E-state index contributed by atoms with van der Waals surface area (Å²) in [6, 6.07) is 9.80. The molecule has 0 amide bonds. The zero-order chi connectivity index (χ0) is 14.5. The Balaban J connectivity index is 2.41. The second-order valence-electron chi connectivity index (χ2n) is 3.80. The molecule has 0 aromatic carbocycles. The number of rotatable bonds is 3. The number of nitrogens with zero attached hydrogens (tertiary/aromatic N) is 2. The predicted octanol–water partition coefficient (Wildman–Crippen LogP) is 1.72. The molecule has 0 aliphatic rings. The van der Waals surface area contributed by atoms with E-state index < -0.39 is 11.9 Å². The number of methoxy groups -OCH3 is 2. The molecule has 0 aliphatic carbocycles. The molecule has 0 radical (unpaired) electrons. The van der Waals surface area contributed by atoms with Gasteiger partial charge in [-0.05, 0) is 24.3 Å². The Hall–Kier alpha value is -2.76. The van der Waals surface area contributed by atoms with Gasteiger partial charge in [0.05, 0.1) is 25.6 Å². The van der Waals surface area contributed by atoms with E-state index in [1.165, 1.54) is 14.2 Å². The molecule has 2 rings (SSSR count). The van der Waals surface area contributed by atoms with Crippen LogP contribution in [0.1, 0.15) is 21.0 Å². The molecule has 2 heterocycles.